The summed E-state index contributed by atoms with van der Waals surface area (Å²) in [5.74, 6) is 0.216. The van der Waals surface area contributed by atoms with E-state index in [9.17, 15) is 13.2 Å². The molecular formula is C13H17F3N2. The van der Waals surface area contributed by atoms with Crippen LogP contribution in [0.4, 0.5) is 13.2 Å². The minimum absolute atomic E-state index is 0.106. The molecule has 1 saturated heterocycles. The van der Waals surface area contributed by atoms with Crippen LogP contribution in [0, 0.1) is 5.92 Å². The second kappa shape index (κ2) is 5.28. The fourth-order valence-electron chi connectivity index (χ4n) is 2.66. The van der Waals surface area contributed by atoms with Gasteiger partial charge in [-0.1, -0.05) is 30.3 Å². The lowest BCUT2D eigenvalue weighted by Gasteiger charge is -2.17. The monoisotopic (exact) mass is 258 g/mol. The zero-order valence-electron chi connectivity index (χ0n) is 10.0. The molecule has 0 unspecified atom stereocenters. The smallest absolute Gasteiger partial charge is 0.330 e. The summed E-state index contributed by atoms with van der Waals surface area (Å²) in [6.45, 7) is 0.446. The predicted octanol–water partition coefficient (Wildman–Crippen LogP) is 2.22. The molecule has 2 nitrogen and oxygen atoms in total. The van der Waals surface area contributed by atoms with Gasteiger partial charge in [0.2, 0.25) is 0 Å². The number of nitrogens with two attached hydrogens (primary N) is 1. The summed E-state index contributed by atoms with van der Waals surface area (Å²) in [7, 11) is 0. The Morgan fingerprint density at radius 2 is 1.83 bits per heavy atom. The summed E-state index contributed by atoms with van der Waals surface area (Å²) in [6.07, 6.45) is -4.13. The molecule has 18 heavy (non-hydrogen) atoms. The third-order valence-electron chi connectivity index (χ3n) is 3.45. The van der Waals surface area contributed by atoms with Crippen molar-refractivity contribution in [1.29, 1.82) is 0 Å². The maximum absolute atomic E-state index is 12.4. The highest BCUT2D eigenvalue weighted by Gasteiger charge is 2.38. The Bertz CT molecular complexity index is 378. The molecule has 1 aliphatic rings. The molecule has 0 aromatic heterocycles. The number of likely N-dealkylation sites (tertiary alicyclic amines) is 1. The lowest BCUT2D eigenvalue weighted by atomic mass is 9.89. The fourth-order valence-corrected chi connectivity index (χ4v) is 2.66. The van der Waals surface area contributed by atoms with Crippen LogP contribution in [0.5, 0.6) is 0 Å². The van der Waals surface area contributed by atoms with Gasteiger partial charge in [-0.3, -0.25) is 4.90 Å². The number of benzene rings is 1. The van der Waals surface area contributed by atoms with Crippen LogP contribution in [-0.2, 0) is 0 Å². The number of nitrogens with zero attached hydrogens (tertiary/aromatic N) is 1. The molecule has 0 aliphatic carbocycles. The quantitative estimate of drug-likeness (QED) is 0.900. The molecule has 5 heteroatoms. The standard InChI is InChI=1S/C13H17F3N2/c14-13(15,16)9-18-7-11(6-17)12(8-18)10-4-2-1-3-5-10/h1-5,11-12H,6-9,17H2/t11-,12+/m1/s1. The zero-order valence-corrected chi connectivity index (χ0v) is 10.0. The second-order valence-corrected chi connectivity index (χ2v) is 4.82. The van der Waals surface area contributed by atoms with Gasteiger partial charge in [-0.15, -0.1) is 0 Å². The highest BCUT2D eigenvalue weighted by molar-refractivity contribution is 5.22. The molecule has 100 valence electrons. The Morgan fingerprint density at radius 3 is 2.39 bits per heavy atom. The van der Waals surface area contributed by atoms with Gasteiger partial charge in [0.15, 0.2) is 0 Å². The molecule has 0 radical (unpaired) electrons. The normalized spacial score (nSPS) is 25.6. The number of hydrogen-bond acceptors (Lipinski definition) is 2. The van der Waals surface area contributed by atoms with E-state index < -0.39 is 12.7 Å². The van der Waals surface area contributed by atoms with Crippen molar-refractivity contribution in [3.8, 4) is 0 Å². The van der Waals surface area contributed by atoms with Gasteiger partial charge in [-0.2, -0.15) is 13.2 Å². The molecule has 2 rings (SSSR count). The van der Waals surface area contributed by atoms with E-state index in [1.165, 1.54) is 4.90 Å². The number of halogens is 3. The number of hydrogen-bond donors (Lipinski definition) is 1. The molecule has 1 aromatic carbocycles. The lowest BCUT2D eigenvalue weighted by molar-refractivity contribution is -0.143. The van der Waals surface area contributed by atoms with E-state index >= 15 is 0 Å². The van der Waals surface area contributed by atoms with Crippen molar-refractivity contribution in [1.82, 2.24) is 4.90 Å². The summed E-state index contributed by atoms with van der Waals surface area (Å²) in [4.78, 5) is 1.45. The maximum Gasteiger partial charge on any atom is 0.401 e. The van der Waals surface area contributed by atoms with Gasteiger partial charge in [0.25, 0.3) is 0 Å². The van der Waals surface area contributed by atoms with Crippen molar-refractivity contribution in [2.45, 2.75) is 12.1 Å². The van der Waals surface area contributed by atoms with Gasteiger partial charge >= 0.3 is 6.18 Å². The fraction of sp³-hybridized carbons (Fsp3) is 0.538. The van der Waals surface area contributed by atoms with E-state index in [1.54, 1.807) is 0 Å². The Hall–Kier alpha value is -1.07. The minimum atomic E-state index is -4.13. The molecule has 0 bridgehead atoms. The van der Waals surface area contributed by atoms with Crippen molar-refractivity contribution < 1.29 is 13.2 Å². The van der Waals surface area contributed by atoms with Gasteiger partial charge in [-0.25, -0.2) is 0 Å². The largest absolute Gasteiger partial charge is 0.401 e. The molecule has 2 atom stereocenters. The lowest BCUT2D eigenvalue weighted by Crippen LogP contribution is -2.33. The van der Waals surface area contributed by atoms with Crippen LogP contribution in [0.3, 0.4) is 0 Å². The van der Waals surface area contributed by atoms with Gasteiger partial charge in [0, 0.05) is 19.0 Å². The third kappa shape index (κ3) is 3.23. The zero-order chi connectivity index (χ0) is 13.2. The Labute approximate surface area is 105 Å². The van der Waals surface area contributed by atoms with Crippen LogP contribution in [0.1, 0.15) is 11.5 Å². The van der Waals surface area contributed by atoms with Crippen LogP contribution < -0.4 is 5.73 Å². The predicted molar refractivity (Wildman–Crippen MR) is 64.2 cm³/mol. The van der Waals surface area contributed by atoms with Crippen molar-refractivity contribution in [3.63, 3.8) is 0 Å². The van der Waals surface area contributed by atoms with Crippen molar-refractivity contribution in [2.24, 2.45) is 11.7 Å². The highest BCUT2D eigenvalue weighted by Crippen LogP contribution is 2.33. The topological polar surface area (TPSA) is 29.3 Å². The molecular weight excluding hydrogens is 241 g/mol. The first-order valence-corrected chi connectivity index (χ1v) is 6.03. The molecule has 1 heterocycles. The first-order chi connectivity index (χ1) is 8.49. The molecule has 1 fully saturated rings. The van der Waals surface area contributed by atoms with E-state index in [1.807, 2.05) is 30.3 Å². The van der Waals surface area contributed by atoms with Crippen molar-refractivity contribution in [2.75, 3.05) is 26.2 Å². The molecule has 2 N–H and O–H groups in total. The molecule has 1 aliphatic heterocycles. The SMILES string of the molecule is NC[C@@H]1CN(CC(F)(F)F)C[C@H]1c1ccccc1. The van der Waals surface area contributed by atoms with Gasteiger partial charge in [-0.05, 0) is 18.0 Å². The van der Waals surface area contributed by atoms with E-state index in [2.05, 4.69) is 0 Å². The summed E-state index contributed by atoms with van der Waals surface area (Å²) in [5.41, 5.74) is 6.76. The summed E-state index contributed by atoms with van der Waals surface area (Å²) in [6, 6.07) is 9.66. The van der Waals surface area contributed by atoms with E-state index in [4.69, 9.17) is 5.73 Å². The third-order valence-corrected chi connectivity index (χ3v) is 3.45. The van der Waals surface area contributed by atoms with Crippen LogP contribution in [0.2, 0.25) is 0 Å². The molecule has 0 amide bonds. The summed E-state index contributed by atoms with van der Waals surface area (Å²) in [5, 5.41) is 0. The van der Waals surface area contributed by atoms with Gasteiger partial charge in [0.05, 0.1) is 6.54 Å². The van der Waals surface area contributed by atoms with Crippen LogP contribution in [0.15, 0.2) is 30.3 Å². The van der Waals surface area contributed by atoms with E-state index in [0.29, 0.717) is 19.6 Å². The van der Waals surface area contributed by atoms with Gasteiger partial charge in [0.1, 0.15) is 0 Å². The summed E-state index contributed by atoms with van der Waals surface area (Å²) < 4.78 is 37.2. The first kappa shape index (κ1) is 13.4. The van der Waals surface area contributed by atoms with Crippen LogP contribution in [-0.4, -0.2) is 37.3 Å². The van der Waals surface area contributed by atoms with Crippen molar-refractivity contribution >= 4 is 0 Å². The average Bonchev–Trinajstić information content (AvgIpc) is 2.71. The summed E-state index contributed by atoms with van der Waals surface area (Å²) >= 11 is 0. The minimum Gasteiger partial charge on any atom is -0.330 e. The Morgan fingerprint density at radius 1 is 1.17 bits per heavy atom. The highest BCUT2D eigenvalue weighted by atomic mass is 19.4. The molecule has 0 saturated carbocycles. The average molecular weight is 258 g/mol. The Balaban J connectivity index is 2.08. The first-order valence-electron chi connectivity index (χ1n) is 6.03. The van der Waals surface area contributed by atoms with Crippen molar-refractivity contribution in [3.05, 3.63) is 35.9 Å². The Kier molecular flexibility index (Phi) is 3.92. The van der Waals surface area contributed by atoms with Crippen LogP contribution in [0.25, 0.3) is 0 Å². The van der Waals surface area contributed by atoms with E-state index in [0.717, 1.165) is 5.56 Å². The number of rotatable bonds is 3. The maximum atomic E-state index is 12.4. The van der Waals surface area contributed by atoms with Gasteiger partial charge < -0.3 is 5.73 Å². The number of alkyl halides is 3. The van der Waals surface area contributed by atoms with Crippen LogP contribution >= 0.6 is 0 Å². The second-order valence-electron chi connectivity index (χ2n) is 4.82. The van der Waals surface area contributed by atoms with E-state index in [-0.39, 0.29) is 11.8 Å². The molecule has 1 aromatic rings. The molecule has 0 spiro atoms.